The van der Waals surface area contributed by atoms with Gasteiger partial charge in [0.15, 0.2) is 0 Å². The van der Waals surface area contributed by atoms with Crippen molar-refractivity contribution in [3.8, 4) is 5.75 Å². The van der Waals surface area contributed by atoms with Gasteiger partial charge in [0.05, 0.1) is 27.7 Å². The molecule has 0 heterocycles. The highest BCUT2D eigenvalue weighted by Crippen LogP contribution is 2.28. The molecule has 0 fully saturated rings. The number of sulfonamides is 1. The molecular weight excluding hydrogens is 597 g/mol. The summed E-state index contributed by atoms with van der Waals surface area (Å²) in [5.41, 5.74) is 1.89. The Labute approximate surface area is 258 Å². The number of anilines is 1. The number of hydrogen-bond donors (Lipinski definition) is 1. The minimum Gasteiger partial charge on any atom is -0.497 e. The van der Waals surface area contributed by atoms with Crippen molar-refractivity contribution in [1.29, 1.82) is 0 Å². The summed E-state index contributed by atoms with van der Waals surface area (Å²) in [4.78, 5) is 28.9. The highest BCUT2D eigenvalue weighted by molar-refractivity contribution is 7.92. The maximum absolute atomic E-state index is 14.1. The predicted molar refractivity (Wildman–Crippen MR) is 168 cm³/mol. The third-order valence-corrected chi connectivity index (χ3v) is 9.50. The monoisotopic (exact) mass is 633 g/mol. The Hall–Kier alpha value is -3.27. The lowest BCUT2D eigenvalue weighted by Gasteiger charge is -2.33. The van der Waals surface area contributed by atoms with E-state index in [2.05, 4.69) is 5.32 Å². The van der Waals surface area contributed by atoms with E-state index in [0.29, 0.717) is 39.9 Å². The number of carbonyl (C=O) groups excluding carboxylic acids is 2. The van der Waals surface area contributed by atoms with Crippen LogP contribution in [0.5, 0.6) is 5.75 Å². The first-order chi connectivity index (χ1) is 19.9. The normalized spacial score (nSPS) is 12.7. The molecule has 0 radical (unpaired) electrons. The minimum atomic E-state index is -4.19. The maximum Gasteiger partial charge on any atom is 0.264 e. The molecule has 3 rings (SSSR count). The standard InChI is InChI=1S/C31H37Cl2N3O5S/c1-6-22(4)34-31(38)29(7-2)35(19-23-10-17-27(32)28(33)18-23)30(37)20-36(24-11-8-21(3)9-12-24)42(39,40)26-15-13-25(41-5)14-16-26/h8-18,22,29H,6-7,19-20H2,1-5H3,(H,34,38). The van der Waals surface area contributed by atoms with E-state index in [4.69, 9.17) is 27.9 Å². The van der Waals surface area contributed by atoms with E-state index >= 15 is 0 Å². The van der Waals surface area contributed by atoms with Gasteiger partial charge in [-0.05, 0) is 80.8 Å². The van der Waals surface area contributed by atoms with Crippen molar-refractivity contribution in [3.05, 3.63) is 87.9 Å². The van der Waals surface area contributed by atoms with Gasteiger partial charge < -0.3 is 15.0 Å². The summed E-state index contributed by atoms with van der Waals surface area (Å²) in [7, 11) is -2.70. The van der Waals surface area contributed by atoms with Crippen molar-refractivity contribution in [1.82, 2.24) is 10.2 Å². The van der Waals surface area contributed by atoms with E-state index in [9.17, 15) is 18.0 Å². The largest absolute Gasteiger partial charge is 0.497 e. The smallest absolute Gasteiger partial charge is 0.264 e. The molecule has 2 amide bonds. The number of benzene rings is 3. The molecule has 0 saturated carbocycles. The number of ether oxygens (including phenoxy) is 1. The molecule has 42 heavy (non-hydrogen) atoms. The molecule has 0 aliphatic carbocycles. The quantitative estimate of drug-likeness (QED) is 0.241. The highest BCUT2D eigenvalue weighted by Gasteiger charge is 2.34. The highest BCUT2D eigenvalue weighted by atomic mass is 35.5. The second-order valence-electron chi connectivity index (χ2n) is 10.0. The van der Waals surface area contributed by atoms with Crippen LogP contribution in [0.2, 0.25) is 10.0 Å². The molecule has 0 aromatic heterocycles. The Kier molecular flexibility index (Phi) is 11.7. The Bertz CT molecular complexity index is 1480. The summed E-state index contributed by atoms with van der Waals surface area (Å²) in [5.74, 6) is -0.372. The minimum absolute atomic E-state index is 0.00531. The third kappa shape index (κ3) is 8.18. The molecule has 2 atom stereocenters. The molecule has 3 aromatic rings. The molecule has 8 nitrogen and oxygen atoms in total. The Morgan fingerprint density at radius 3 is 2.12 bits per heavy atom. The number of nitrogens with zero attached hydrogens (tertiary/aromatic N) is 2. The van der Waals surface area contributed by atoms with Gasteiger partial charge in [0.1, 0.15) is 18.3 Å². The van der Waals surface area contributed by atoms with E-state index in [-0.39, 0.29) is 23.4 Å². The third-order valence-electron chi connectivity index (χ3n) is 6.97. The molecule has 0 spiro atoms. The number of methoxy groups -OCH3 is 1. The summed E-state index contributed by atoms with van der Waals surface area (Å²) in [6, 6.07) is 16.8. The van der Waals surface area contributed by atoms with Gasteiger partial charge in [0.25, 0.3) is 10.0 Å². The second-order valence-corrected chi connectivity index (χ2v) is 12.7. The molecular formula is C31H37Cl2N3O5S. The lowest BCUT2D eigenvalue weighted by Crippen LogP contribution is -2.53. The van der Waals surface area contributed by atoms with Crippen LogP contribution in [0.15, 0.2) is 71.6 Å². The second kappa shape index (κ2) is 14.8. The Morgan fingerprint density at radius 1 is 0.929 bits per heavy atom. The fourth-order valence-corrected chi connectivity index (χ4v) is 6.04. The average molecular weight is 635 g/mol. The van der Waals surface area contributed by atoms with Gasteiger partial charge in [0, 0.05) is 12.6 Å². The van der Waals surface area contributed by atoms with Crippen LogP contribution < -0.4 is 14.4 Å². The first kappa shape index (κ1) is 33.2. The van der Waals surface area contributed by atoms with Crippen molar-refractivity contribution in [2.24, 2.45) is 0 Å². The van der Waals surface area contributed by atoms with Crippen molar-refractivity contribution in [2.45, 2.75) is 64.1 Å². The van der Waals surface area contributed by atoms with Crippen LogP contribution in [-0.4, -0.2) is 50.9 Å². The van der Waals surface area contributed by atoms with Gasteiger partial charge in [-0.2, -0.15) is 0 Å². The van der Waals surface area contributed by atoms with Gasteiger partial charge >= 0.3 is 0 Å². The van der Waals surface area contributed by atoms with Crippen LogP contribution in [-0.2, 0) is 26.2 Å². The van der Waals surface area contributed by atoms with Crippen LogP contribution in [0, 0.1) is 6.92 Å². The number of halogens is 2. The molecule has 226 valence electrons. The number of carbonyl (C=O) groups is 2. The number of aryl methyl sites for hydroxylation is 1. The van der Waals surface area contributed by atoms with E-state index < -0.39 is 28.5 Å². The number of hydrogen-bond acceptors (Lipinski definition) is 5. The molecule has 2 unspecified atom stereocenters. The summed E-state index contributed by atoms with van der Waals surface area (Å²) >= 11 is 12.4. The summed E-state index contributed by atoms with van der Waals surface area (Å²) in [6.07, 6.45) is 1.02. The van der Waals surface area contributed by atoms with E-state index in [0.717, 1.165) is 9.87 Å². The van der Waals surface area contributed by atoms with Gasteiger partial charge in [-0.1, -0.05) is 60.8 Å². The van der Waals surface area contributed by atoms with Crippen LogP contribution in [0.25, 0.3) is 0 Å². The van der Waals surface area contributed by atoms with Gasteiger partial charge in [0.2, 0.25) is 11.8 Å². The van der Waals surface area contributed by atoms with Gasteiger partial charge in [-0.25, -0.2) is 8.42 Å². The summed E-state index contributed by atoms with van der Waals surface area (Å²) in [6.45, 7) is 7.02. The van der Waals surface area contributed by atoms with Crippen molar-refractivity contribution in [2.75, 3.05) is 18.0 Å². The lowest BCUT2D eigenvalue weighted by molar-refractivity contribution is -0.140. The molecule has 11 heteroatoms. The van der Waals surface area contributed by atoms with Gasteiger partial charge in [-0.3, -0.25) is 13.9 Å². The number of nitrogens with one attached hydrogen (secondary N) is 1. The molecule has 1 N–H and O–H groups in total. The van der Waals surface area contributed by atoms with Crippen LogP contribution >= 0.6 is 23.2 Å². The lowest BCUT2D eigenvalue weighted by atomic mass is 10.1. The molecule has 0 saturated heterocycles. The first-order valence-corrected chi connectivity index (χ1v) is 15.9. The molecule has 0 aliphatic heterocycles. The summed E-state index contributed by atoms with van der Waals surface area (Å²) < 4.78 is 34.2. The maximum atomic E-state index is 14.1. The zero-order chi connectivity index (χ0) is 31.0. The SMILES string of the molecule is CCC(C)NC(=O)C(CC)N(Cc1ccc(Cl)c(Cl)c1)C(=O)CN(c1ccc(C)cc1)S(=O)(=O)c1ccc(OC)cc1. The molecule has 0 bridgehead atoms. The van der Waals surface area contributed by atoms with Crippen LogP contribution in [0.4, 0.5) is 5.69 Å². The molecule has 0 aliphatic rings. The first-order valence-electron chi connectivity index (χ1n) is 13.7. The number of rotatable bonds is 13. The number of amides is 2. The van der Waals surface area contributed by atoms with Gasteiger partial charge in [-0.15, -0.1) is 0 Å². The fraction of sp³-hybridized carbons (Fsp3) is 0.355. The van der Waals surface area contributed by atoms with Crippen LogP contribution in [0.3, 0.4) is 0 Å². The zero-order valence-electron chi connectivity index (χ0n) is 24.4. The topological polar surface area (TPSA) is 96.0 Å². The van der Waals surface area contributed by atoms with E-state index in [1.807, 2.05) is 27.7 Å². The summed E-state index contributed by atoms with van der Waals surface area (Å²) in [5, 5.41) is 3.62. The Morgan fingerprint density at radius 2 is 1.57 bits per heavy atom. The van der Waals surface area contributed by atoms with Crippen molar-refractivity contribution < 1.29 is 22.7 Å². The molecule has 3 aromatic carbocycles. The zero-order valence-corrected chi connectivity index (χ0v) is 26.8. The fourth-order valence-electron chi connectivity index (χ4n) is 4.31. The van der Waals surface area contributed by atoms with E-state index in [1.165, 1.54) is 24.1 Å². The van der Waals surface area contributed by atoms with Crippen molar-refractivity contribution in [3.63, 3.8) is 0 Å². The predicted octanol–water partition coefficient (Wildman–Crippen LogP) is 6.23. The van der Waals surface area contributed by atoms with E-state index in [1.54, 1.807) is 54.6 Å². The Balaban J connectivity index is 2.07. The van der Waals surface area contributed by atoms with Crippen LogP contribution in [0.1, 0.15) is 44.7 Å². The average Bonchev–Trinajstić information content (AvgIpc) is 2.97. The van der Waals surface area contributed by atoms with Crippen molar-refractivity contribution >= 4 is 50.7 Å².